The zero-order valence-electron chi connectivity index (χ0n) is 17.7. The molecule has 0 aliphatic carbocycles. The summed E-state index contributed by atoms with van der Waals surface area (Å²) in [7, 11) is 1.40. The lowest BCUT2D eigenvalue weighted by Gasteiger charge is -2.17. The first-order valence-electron chi connectivity index (χ1n) is 9.95. The fraction of sp³-hybridized carbons (Fsp3) is 0.174. The number of hydrogen-bond acceptors (Lipinski definition) is 4. The number of carbonyl (C=O) groups is 2. The first-order valence-corrected chi connectivity index (χ1v) is 11.1. The van der Waals surface area contributed by atoms with Crippen molar-refractivity contribution in [2.75, 3.05) is 7.05 Å². The number of benzene rings is 2. The summed E-state index contributed by atoms with van der Waals surface area (Å²) in [5.41, 5.74) is 1.90. The summed E-state index contributed by atoms with van der Waals surface area (Å²) in [5, 5.41) is 11.1. The quantitative estimate of drug-likeness (QED) is 0.416. The molecule has 4 aromatic rings. The smallest absolute Gasteiger partial charge is 0.262 e. The number of likely N-dealkylation sites (N-methyl/N-ethyl adjacent to an activating group) is 1. The molecule has 1 atom stereocenters. The molecule has 10 heteroatoms. The lowest BCUT2D eigenvalue weighted by molar-refractivity contribution is -0.122. The second-order valence-corrected chi connectivity index (χ2v) is 8.86. The molecular formula is C23H19ClF2N4O2S. The third-order valence-corrected chi connectivity index (χ3v) is 6.54. The van der Waals surface area contributed by atoms with Crippen LogP contribution >= 0.6 is 22.9 Å². The number of halogens is 3. The molecule has 2 N–H and O–H groups in total. The molecule has 0 spiro atoms. The monoisotopic (exact) mass is 488 g/mol. The number of thiophene rings is 1. The van der Waals surface area contributed by atoms with E-state index in [0.717, 1.165) is 33.6 Å². The largest absolute Gasteiger partial charge is 0.357 e. The summed E-state index contributed by atoms with van der Waals surface area (Å²) in [6.45, 7) is 2.35. The lowest BCUT2D eigenvalue weighted by atomic mass is 10.1. The first kappa shape index (κ1) is 22.9. The van der Waals surface area contributed by atoms with Gasteiger partial charge in [0.15, 0.2) is 11.6 Å². The van der Waals surface area contributed by atoms with Crippen LogP contribution in [0, 0.1) is 18.6 Å². The molecule has 2 heterocycles. The number of nitrogens with zero attached hydrogens (tertiary/aromatic N) is 2. The van der Waals surface area contributed by atoms with Gasteiger partial charge in [0, 0.05) is 17.5 Å². The molecule has 0 saturated carbocycles. The molecule has 6 nitrogen and oxygen atoms in total. The first-order chi connectivity index (χ1) is 15.8. The average molecular weight is 489 g/mol. The Morgan fingerprint density at radius 3 is 2.52 bits per heavy atom. The highest BCUT2D eigenvalue weighted by Gasteiger charge is 2.25. The molecule has 2 aromatic heterocycles. The van der Waals surface area contributed by atoms with Gasteiger partial charge in [-0.1, -0.05) is 29.8 Å². The number of aryl methyl sites for hydroxylation is 1. The van der Waals surface area contributed by atoms with Gasteiger partial charge in [0.25, 0.3) is 5.91 Å². The average Bonchev–Trinajstić information content (AvgIpc) is 3.36. The Morgan fingerprint density at radius 1 is 1.12 bits per heavy atom. The summed E-state index contributed by atoms with van der Waals surface area (Å²) in [6, 6.07) is 11.0. The topological polar surface area (TPSA) is 76.0 Å². The standard InChI is InChI=1S/C23H19ClF2N4O2S/c1-12-16-10-19(33-23(16)30(29-12)11-13-3-6-15(24)7-4-13)21(31)28-20(22(32)27-2)14-5-8-17(25)18(26)9-14/h3-10,20H,11H2,1-2H3,(H,27,32)(H,28,31). The van der Waals surface area contributed by atoms with Gasteiger partial charge in [0.2, 0.25) is 5.91 Å². The third kappa shape index (κ3) is 4.74. The summed E-state index contributed by atoms with van der Waals surface area (Å²) in [5.74, 6) is -3.20. The number of aromatic nitrogens is 2. The minimum atomic E-state index is -1.19. The molecule has 4 rings (SSSR count). The highest BCUT2D eigenvalue weighted by molar-refractivity contribution is 7.20. The fourth-order valence-corrected chi connectivity index (χ4v) is 4.62. The van der Waals surface area contributed by atoms with Gasteiger partial charge in [0.1, 0.15) is 10.9 Å². The van der Waals surface area contributed by atoms with Crippen LogP contribution < -0.4 is 10.6 Å². The zero-order chi connectivity index (χ0) is 23.7. The Balaban J connectivity index is 1.62. The highest BCUT2D eigenvalue weighted by Crippen LogP contribution is 2.29. The molecule has 33 heavy (non-hydrogen) atoms. The van der Waals surface area contributed by atoms with Crippen LogP contribution in [0.2, 0.25) is 5.02 Å². The van der Waals surface area contributed by atoms with E-state index in [4.69, 9.17) is 11.6 Å². The fourth-order valence-electron chi connectivity index (χ4n) is 3.43. The van der Waals surface area contributed by atoms with E-state index < -0.39 is 29.5 Å². The van der Waals surface area contributed by atoms with Crippen LogP contribution in [-0.2, 0) is 11.3 Å². The van der Waals surface area contributed by atoms with Crippen molar-refractivity contribution in [3.63, 3.8) is 0 Å². The van der Waals surface area contributed by atoms with Crippen molar-refractivity contribution in [2.45, 2.75) is 19.5 Å². The van der Waals surface area contributed by atoms with E-state index in [1.807, 2.05) is 19.1 Å². The highest BCUT2D eigenvalue weighted by atomic mass is 35.5. The predicted octanol–water partition coefficient (Wildman–Crippen LogP) is 4.60. The SMILES string of the molecule is CNC(=O)C(NC(=O)c1cc2c(C)nn(Cc3ccc(Cl)cc3)c2s1)c1ccc(F)c(F)c1. The number of carbonyl (C=O) groups excluding carboxylic acids is 2. The number of nitrogens with one attached hydrogen (secondary N) is 2. The van der Waals surface area contributed by atoms with Crippen LogP contribution in [0.3, 0.4) is 0 Å². The van der Waals surface area contributed by atoms with Gasteiger partial charge in [-0.2, -0.15) is 5.10 Å². The normalized spacial score (nSPS) is 12.0. The van der Waals surface area contributed by atoms with E-state index in [-0.39, 0.29) is 5.56 Å². The summed E-state index contributed by atoms with van der Waals surface area (Å²) in [6.07, 6.45) is 0. The van der Waals surface area contributed by atoms with Crippen molar-refractivity contribution in [3.8, 4) is 0 Å². The van der Waals surface area contributed by atoms with Gasteiger partial charge in [-0.05, 0) is 48.4 Å². The number of fused-ring (bicyclic) bond motifs is 1. The Morgan fingerprint density at radius 2 is 1.85 bits per heavy atom. The molecule has 0 bridgehead atoms. The van der Waals surface area contributed by atoms with Gasteiger partial charge in [-0.15, -0.1) is 11.3 Å². The van der Waals surface area contributed by atoms with Crippen molar-refractivity contribution in [2.24, 2.45) is 0 Å². The van der Waals surface area contributed by atoms with Gasteiger partial charge < -0.3 is 10.6 Å². The van der Waals surface area contributed by atoms with Crippen molar-refractivity contribution < 1.29 is 18.4 Å². The van der Waals surface area contributed by atoms with Crippen LogP contribution in [0.5, 0.6) is 0 Å². The summed E-state index contributed by atoms with van der Waals surface area (Å²) in [4.78, 5) is 26.5. The molecule has 2 amide bonds. The number of rotatable bonds is 6. The molecule has 2 aromatic carbocycles. The summed E-state index contributed by atoms with van der Waals surface area (Å²) >= 11 is 7.19. The van der Waals surface area contributed by atoms with Gasteiger partial charge >= 0.3 is 0 Å². The number of amides is 2. The molecule has 1 unspecified atom stereocenters. The Kier molecular flexibility index (Phi) is 6.44. The maximum atomic E-state index is 13.7. The van der Waals surface area contributed by atoms with Crippen molar-refractivity contribution in [1.29, 1.82) is 0 Å². The van der Waals surface area contributed by atoms with Crippen molar-refractivity contribution >= 4 is 45.0 Å². The lowest BCUT2D eigenvalue weighted by Crippen LogP contribution is -2.38. The van der Waals surface area contributed by atoms with E-state index >= 15 is 0 Å². The molecule has 0 aliphatic rings. The zero-order valence-corrected chi connectivity index (χ0v) is 19.2. The molecule has 0 fully saturated rings. The Hall–Kier alpha value is -3.30. The van der Waals surface area contributed by atoms with Gasteiger partial charge in [-0.3, -0.25) is 14.3 Å². The minimum absolute atomic E-state index is 0.132. The van der Waals surface area contributed by atoms with Crippen molar-refractivity contribution in [3.05, 3.63) is 86.9 Å². The van der Waals surface area contributed by atoms with Crippen LogP contribution in [0.25, 0.3) is 10.2 Å². The molecule has 170 valence electrons. The van der Waals surface area contributed by atoms with Gasteiger partial charge in [-0.25, -0.2) is 8.78 Å². The molecule has 0 radical (unpaired) electrons. The van der Waals surface area contributed by atoms with E-state index in [9.17, 15) is 18.4 Å². The van der Waals surface area contributed by atoms with Crippen LogP contribution in [0.15, 0.2) is 48.5 Å². The second kappa shape index (κ2) is 9.29. The molecule has 0 aliphatic heterocycles. The van der Waals surface area contributed by atoms with Crippen LogP contribution in [-0.4, -0.2) is 28.6 Å². The molecular weight excluding hydrogens is 470 g/mol. The Labute approximate surface area is 197 Å². The van der Waals surface area contributed by atoms with Crippen LogP contribution in [0.4, 0.5) is 8.78 Å². The van der Waals surface area contributed by atoms with Crippen molar-refractivity contribution in [1.82, 2.24) is 20.4 Å². The van der Waals surface area contributed by atoms with E-state index in [0.29, 0.717) is 16.4 Å². The maximum absolute atomic E-state index is 13.7. The second-order valence-electron chi connectivity index (χ2n) is 7.39. The molecule has 0 saturated heterocycles. The third-order valence-electron chi connectivity index (χ3n) is 5.14. The maximum Gasteiger partial charge on any atom is 0.262 e. The van der Waals surface area contributed by atoms with Gasteiger partial charge in [0.05, 0.1) is 17.1 Å². The minimum Gasteiger partial charge on any atom is -0.357 e. The predicted molar refractivity (Wildman–Crippen MR) is 124 cm³/mol. The Bertz CT molecular complexity index is 1350. The number of hydrogen-bond donors (Lipinski definition) is 2. The van der Waals surface area contributed by atoms with Crippen LogP contribution in [0.1, 0.15) is 32.5 Å². The van der Waals surface area contributed by atoms with E-state index in [2.05, 4.69) is 15.7 Å². The van der Waals surface area contributed by atoms with E-state index in [1.165, 1.54) is 24.5 Å². The van der Waals surface area contributed by atoms with E-state index in [1.54, 1.807) is 22.9 Å². The summed E-state index contributed by atoms with van der Waals surface area (Å²) < 4.78 is 28.9.